The van der Waals surface area contributed by atoms with E-state index in [1.54, 1.807) is 0 Å². The van der Waals surface area contributed by atoms with Crippen molar-refractivity contribution in [1.29, 1.82) is 0 Å². The molecule has 2 aromatic heterocycles. The van der Waals surface area contributed by atoms with Crippen LogP contribution in [0.25, 0.3) is 12.2 Å². The molecule has 9 heteroatoms. The molecule has 2 heterocycles. The Bertz CT molecular complexity index is 730. The average Bonchev–Trinajstić information content (AvgIpc) is 2.45. The van der Waals surface area contributed by atoms with Gasteiger partial charge in [0.05, 0.1) is 10.6 Å². The molecule has 0 aliphatic carbocycles. The molecule has 0 unspecified atom stereocenters. The van der Waals surface area contributed by atoms with Crippen molar-refractivity contribution in [3.05, 3.63) is 62.7 Å². The van der Waals surface area contributed by atoms with E-state index in [2.05, 4.69) is 9.97 Å². The average molecular weight is 330 g/mol. The first-order valence-corrected chi connectivity index (χ1v) is 6.17. The number of alkyl halides is 3. The van der Waals surface area contributed by atoms with Crippen LogP contribution >= 0.6 is 11.6 Å². The van der Waals surface area contributed by atoms with Gasteiger partial charge in [0.25, 0.3) is 5.69 Å². The van der Waals surface area contributed by atoms with Gasteiger partial charge in [0.2, 0.25) is 0 Å². The Morgan fingerprint density at radius 3 is 2.45 bits per heavy atom. The van der Waals surface area contributed by atoms with Crippen molar-refractivity contribution in [2.24, 2.45) is 0 Å². The minimum absolute atomic E-state index is 0.183. The highest BCUT2D eigenvalue weighted by molar-refractivity contribution is 6.29. The zero-order valence-electron chi connectivity index (χ0n) is 10.7. The van der Waals surface area contributed by atoms with Gasteiger partial charge in [0.15, 0.2) is 5.69 Å². The van der Waals surface area contributed by atoms with Gasteiger partial charge in [0.1, 0.15) is 11.3 Å². The number of rotatable bonds is 3. The van der Waals surface area contributed by atoms with Crippen LogP contribution in [0.15, 0.2) is 30.5 Å². The number of pyridine rings is 2. The van der Waals surface area contributed by atoms with Crippen LogP contribution in [-0.4, -0.2) is 14.9 Å². The quantitative estimate of drug-likeness (QED) is 0.480. The lowest BCUT2D eigenvalue weighted by molar-refractivity contribution is -0.385. The largest absolute Gasteiger partial charge is 0.433 e. The predicted molar refractivity (Wildman–Crippen MR) is 74.1 cm³/mol. The third-order valence-corrected chi connectivity index (χ3v) is 2.79. The van der Waals surface area contributed by atoms with Gasteiger partial charge in [-0.25, -0.2) is 9.97 Å². The Balaban J connectivity index is 2.32. The summed E-state index contributed by atoms with van der Waals surface area (Å²) in [5, 5.41) is 10.2. The summed E-state index contributed by atoms with van der Waals surface area (Å²) >= 11 is 5.48. The van der Waals surface area contributed by atoms with E-state index in [0.29, 0.717) is 0 Å². The fourth-order valence-corrected chi connectivity index (χ4v) is 1.73. The molecule has 0 aromatic carbocycles. The first-order chi connectivity index (χ1) is 10.3. The van der Waals surface area contributed by atoms with Gasteiger partial charge in [-0.15, -0.1) is 0 Å². The summed E-state index contributed by atoms with van der Waals surface area (Å²) in [5.74, 6) is 0. The first kappa shape index (κ1) is 15.9. The third kappa shape index (κ3) is 3.79. The van der Waals surface area contributed by atoms with Crippen LogP contribution in [0.4, 0.5) is 18.9 Å². The highest BCUT2D eigenvalue weighted by Crippen LogP contribution is 2.32. The van der Waals surface area contributed by atoms with Gasteiger partial charge in [-0.3, -0.25) is 10.1 Å². The van der Waals surface area contributed by atoms with E-state index >= 15 is 0 Å². The van der Waals surface area contributed by atoms with E-state index in [0.717, 1.165) is 6.20 Å². The number of hydrogen-bond acceptors (Lipinski definition) is 4. The number of nitrogens with zero attached hydrogens (tertiary/aromatic N) is 3. The number of nitro groups is 1. The molecule has 0 amide bonds. The molecule has 0 aliphatic heterocycles. The van der Waals surface area contributed by atoms with E-state index in [1.165, 1.54) is 36.4 Å². The second-order valence-corrected chi connectivity index (χ2v) is 4.49. The summed E-state index contributed by atoms with van der Waals surface area (Å²) in [5.41, 5.74) is -1.23. The second-order valence-electron chi connectivity index (χ2n) is 4.10. The Hall–Kier alpha value is -2.48. The van der Waals surface area contributed by atoms with Crippen LogP contribution < -0.4 is 0 Å². The lowest BCUT2D eigenvalue weighted by Crippen LogP contribution is -2.10. The fraction of sp³-hybridized carbons (Fsp3) is 0.0769. The van der Waals surface area contributed by atoms with Gasteiger partial charge < -0.3 is 0 Å². The smallest absolute Gasteiger partial charge is 0.258 e. The monoisotopic (exact) mass is 329 g/mol. The van der Waals surface area contributed by atoms with Crippen molar-refractivity contribution in [2.75, 3.05) is 0 Å². The molecule has 2 aromatic rings. The van der Waals surface area contributed by atoms with Crippen LogP contribution in [0.3, 0.4) is 0 Å². The zero-order chi connectivity index (χ0) is 16.3. The molecule has 0 fully saturated rings. The molecular formula is C13H7ClF3N3O2. The standard InChI is InChI=1S/C13H7ClF3N3O2/c14-11-6-2-8(12(19-11)13(15,16)17)1-3-9-4-5-10(7-18-9)20(21)22/h1-7H/b3-1+. The van der Waals surface area contributed by atoms with Crippen molar-refractivity contribution in [3.8, 4) is 0 Å². The molecule has 5 nitrogen and oxygen atoms in total. The maximum atomic E-state index is 12.9. The Kier molecular flexibility index (Phi) is 4.41. The minimum atomic E-state index is -4.65. The summed E-state index contributed by atoms with van der Waals surface area (Å²) in [4.78, 5) is 16.9. The van der Waals surface area contributed by atoms with Crippen molar-refractivity contribution < 1.29 is 18.1 Å². The van der Waals surface area contributed by atoms with E-state index < -0.39 is 16.8 Å². The molecule has 0 aliphatic rings. The Morgan fingerprint density at radius 2 is 1.91 bits per heavy atom. The molecule has 22 heavy (non-hydrogen) atoms. The third-order valence-electron chi connectivity index (χ3n) is 2.58. The van der Waals surface area contributed by atoms with E-state index in [1.807, 2.05) is 0 Å². The molecule has 0 bridgehead atoms. The topological polar surface area (TPSA) is 68.9 Å². The lowest BCUT2D eigenvalue weighted by atomic mass is 10.1. The summed E-state index contributed by atoms with van der Waals surface area (Å²) in [6, 6.07) is 4.95. The molecule has 0 saturated heterocycles. The van der Waals surface area contributed by atoms with Crippen molar-refractivity contribution in [1.82, 2.24) is 9.97 Å². The summed E-state index contributed by atoms with van der Waals surface area (Å²) in [6.07, 6.45) is -1.16. The highest BCUT2D eigenvalue weighted by atomic mass is 35.5. The number of hydrogen-bond donors (Lipinski definition) is 0. The summed E-state index contributed by atoms with van der Waals surface area (Å²) in [6.45, 7) is 0. The number of halogens is 4. The maximum absolute atomic E-state index is 12.9. The predicted octanol–water partition coefficient (Wildman–Crippen LogP) is 4.23. The van der Waals surface area contributed by atoms with Crippen LogP contribution in [0.1, 0.15) is 17.0 Å². The van der Waals surface area contributed by atoms with Crippen LogP contribution in [0.2, 0.25) is 5.15 Å². The van der Waals surface area contributed by atoms with Gasteiger partial charge in [-0.2, -0.15) is 13.2 Å². The van der Waals surface area contributed by atoms with Crippen molar-refractivity contribution >= 4 is 29.4 Å². The molecule has 2 rings (SSSR count). The van der Waals surface area contributed by atoms with E-state index in [-0.39, 0.29) is 22.1 Å². The summed E-state index contributed by atoms with van der Waals surface area (Å²) < 4.78 is 38.6. The molecule has 0 radical (unpaired) electrons. The van der Waals surface area contributed by atoms with Crippen LogP contribution in [-0.2, 0) is 6.18 Å². The molecular weight excluding hydrogens is 323 g/mol. The van der Waals surface area contributed by atoms with E-state index in [9.17, 15) is 23.3 Å². The molecule has 0 atom stereocenters. The Labute approximate surface area is 127 Å². The number of aromatic nitrogens is 2. The zero-order valence-corrected chi connectivity index (χ0v) is 11.5. The fourth-order valence-electron chi connectivity index (χ4n) is 1.59. The molecule has 0 saturated carbocycles. The highest BCUT2D eigenvalue weighted by Gasteiger charge is 2.35. The maximum Gasteiger partial charge on any atom is 0.433 e. The lowest BCUT2D eigenvalue weighted by Gasteiger charge is -2.09. The van der Waals surface area contributed by atoms with Crippen LogP contribution in [0.5, 0.6) is 0 Å². The van der Waals surface area contributed by atoms with Crippen LogP contribution in [0, 0.1) is 10.1 Å². The van der Waals surface area contributed by atoms with Gasteiger partial charge in [-0.1, -0.05) is 17.7 Å². The minimum Gasteiger partial charge on any atom is -0.258 e. The normalized spacial score (nSPS) is 11.8. The molecule has 114 valence electrons. The molecule has 0 spiro atoms. The SMILES string of the molecule is O=[N+]([O-])c1ccc(/C=C/c2ccc(Cl)nc2C(F)(F)F)nc1. The van der Waals surface area contributed by atoms with Gasteiger partial charge in [0, 0.05) is 11.6 Å². The molecule has 0 N–H and O–H groups in total. The van der Waals surface area contributed by atoms with Crippen molar-refractivity contribution in [2.45, 2.75) is 6.18 Å². The summed E-state index contributed by atoms with van der Waals surface area (Å²) in [7, 11) is 0. The van der Waals surface area contributed by atoms with Gasteiger partial charge in [-0.05, 0) is 24.3 Å². The van der Waals surface area contributed by atoms with E-state index in [4.69, 9.17) is 11.6 Å². The second kappa shape index (κ2) is 6.10. The van der Waals surface area contributed by atoms with Gasteiger partial charge >= 0.3 is 6.18 Å². The Morgan fingerprint density at radius 1 is 1.18 bits per heavy atom. The first-order valence-electron chi connectivity index (χ1n) is 5.79. The van der Waals surface area contributed by atoms with Crippen molar-refractivity contribution in [3.63, 3.8) is 0 Å².